The van der Waals surface area contributed by atoms with Crippen LogP contribution in [-0.4, -0.2) is 44.8 Å². The quantitative estimate of drug-likeness (QED) is 0.576. The maximum Gasteiger partial charge on any atom is 0.0635 e. The Hall–Kier alpha value is -0.630. The van der Waals surface area contributed by atoms with E-state index in [2.05, 4.69) is 11.0 Å². The van der Waals surface area contributed by atoms with Crippen LogP contribution in [0.4, 0.5) is 0 Å². The van der Waals surface area contributed by atoms with Crippen LogP contribution in [0.2, 0.25) is 0 Å². The number of nitriles is 1. The summed E-state index contributed by atoms with van der Waals surface area (Å²) in [6, 6.07) is 2.11. The molecule has 4 nitrogen and oxygen atoms in total. The first-order valence-corrected chi connectivity index (χ1v) is 4.13. The summed E-state index contributed by atoms with van der Waals surface area (Å²) in [7, 11) is 1.67. The molecule has 0 aromatic rings. The number of ether oxygens (including phenoxy) is 1. The fourth-order valence-corrected chi connectivity index (χ4v) is 0.946. The third-order valence-corrected chi connectivity index (χ3v) is 1.60. The highest BCUT2D eigenvalue weighted by Gasteiger charge is 2.01. The predicted molar refractivity (Wildman–Crippen MR) is 47.6 cm³/mol. The molecule has 0 heterocycles. The number of methoxy groups -OCH3 is 1. The number of nitrogens with zero attached hydrogens (tertiary/aromatic N) is 2. The number of hydrogen-bond acceptors (Lipinski definition) is 4. The Labute approximate surface area is 73.9 Å². The van der Waals surface area contributed by atoms with Gasteiger partial charge in [-0.25, -0.2) is 0 Å². The van der Waals surface area contributed by atoms with Crippen LogP contribution in [0.25, 0.3) is 0 Å². The van der Waals surface area contributed by atoms with Gasteiger partial charge in [0.25, 0.3) is 0 Å². The van der Waals surface area contributed by atoms with Gasteiger partial charge in [0, 0.05) is 39.7 Å². The molecule has 0 amide bonds. The molecule has 0 bridgehead atoms. The van der Waals surface area contributed by atoms with Gasteiger partial charge in [0.2, 0.25) is 0 Å². The van der Waals surface area contributed by atoms with Crippen molar-refractivity contribution in [1.82, 2.24) is 4.90 Å². The fourth-order valence-electron chi connectivity index (χ4n) is 0.946. The molecule has 0 atom stereocenters. The lowest BCUT2D eigenvalue weighted by atomic mass is 10.4. The van der Waals surface area contributed by atoms with Gasteiger partial charge in [0.1, 0.15) is 0 Å². The largest absolute Gasteiger partial charge is 0.383 e. The molecule has 0 saturated heterocycles. The van der Waals surface area contributed by atoms with Crippen LogP contribution >= 0.6 is 0 Å². The lowest BCUT2D eigenvalue weighted by Crippen LogP contribution is -2.33. The van der Waals surface area contributed by atoms with Gasteiger partial charge in [0.05, 0.1) is 12.7 Å². The van der Waals surface area contributed by atoms with E-state index in [4.69, 9.17) is 15.7 Å². The van der Waals surface area contributed by atoms with Gasteiger partial charge in [-0.3, -0.25) is 4.90 Å². The van der Waals surface area contributed by atoms with Gasteiger partial charge in [-0.05, 0) is 0 Å². The Morgan fingerprint density at radius 1 is 1.42 bits per heavy atom. The van der Waals surface area contributed by atoms with Gasteiger partial charge in [-0.15, -0.1) is 0 Å². The summed E-state index contributed by atoms with van der Waals surface area (Å²) in [6.07, 6.45) is 0.559. The zero-order valence-corrected chi connectivity index (χ0v) is 7.62. The molecule has 12 heavy (non-hydrogen) atoms. The van der Waals surface area contributed by atoms with Crippen LogP contribution < -0.4 is 5.73 Å². The molecule has 0 radical (unpaired) electrons. The summed E-state index contributed by atoms with van der Waals surface area (Å²) in [5.74, 6) is 0. The van der Waals surface area contributed by atoms with Crippen molar-refractivity contribution in [3.8, 4) is 6.07 Å². The molecule has 0 aromatic heterocycles. The molecule has 0 rings (SSSR count). The normalized spacial score (nSPS) is 10.2. The summed E-state index contributed by atoms with van der Waals surface area (Å²) < 4.78 is 4.93. The molecule has 0 aliphatic rings. The summed E-state index contributed by atoms with van der Waals surface area (Å²) in [4.78, 5) is 2.13. The maximum absolute atomic E-state index is 8.37. The first kappa shape index (κ1) is 11.4. The predicted octanol–water partition coefficient (Wildman–Crippen LogP) is -0.193. The maximum atomic E-state index is 8.37. The SMILES string of the molecule is COCCN(CCN)CCC#N. The minimum atomic E-state index is 0.559. The molecular weight excluding hydrogens is 154 g/mol. The first-order valence-electron chi connectivity index (χ1n) is 4.13. The average Bonchev–Trinajstić information content (AvgIpc) is 2.10. The Kier molecular flexibility index (Phi) is 8.02. The number of rotatable bonds is 7. The third kappa shape index (κ3) is 6.10. The zero-order chi connectivity index (χ0) is 9.23. The Morgan fingerprint density at radius 2 is 2.17 bits per heavy atom. The molecule has 4 heteroatoms. The minimum absolute atomic E-state index is 0.559. The lowest BCUT2D eigenvalue weighted by Gasteiger charge is -2.19. The molecule has 0 unspecified atom stereocenters. The van der Waals surface area contributed by atoms with E-state index in [1.165, 1.54) is 0 Å². The van der Waals surface area contributed by atoms with Crippen molar-refractivity contribution in [3.05, 3.63) is 0 Å². The van der Waals surface area contributed by atoms with Crippen molar-refractivity contribution in [2.45, 2.75) is 6.42 Å². The van der Waals surface area contributed by atoms with E-state index in [0.717, 1.165) is 19.6 Å². The van der Waals surface area contributed by atoms with Crippen molar-refractivity contribution >= 4 is 0 Å². The van der Waals surface area contributed by atoms with E-state index in [0.29, 0.717) is 19.6 Å². The summed E-state index contributed by atoms with van der Waals surface area (Å²) >= 11 is 0. The average molecular weight is 171 g/mol. The Balaban J connectivity index is 3.48. The molecule has 0 spiro atoms. The molecule has 70 valence electrons. The summed E-state index contributed by atoms with van der Waals surface area (Å²) in [5.41, 5.74) is 5.41. The second-order valence-electron chi connectivity index (χ2n) is 2.53. The van der Waals surface area contributed by atoms with Gasteiger partial charge >= 0.3 is 0 Å². The molecule has 0 aromatic carbocycles. The van der Waals surface area contributed by atoms with Crippen LogP contribution in [0.5, 0.6) is 0 Å². The van der Waals surface area contributed by atoms with Crippen LogP contribution in [-0.2, 0) is 4.74 Å². The van der Waals surface area contributed by atoms with E-state index in [-0.39, 0.29) is 0 Å². The molecular formula is C8H17N3O. The van der Waals surface area contributed by atoms with Crippen LogP contribution in [0.1, 0.15) is 6.42 Å². The molecule has 0 saturated carbocycles. The first-order chi connectivity index (χ1) is 5.85. The van der Waals surface area contributed by atoms with Crippen molar-refractivity contribution < 1.29 is 4.74 Å². The van der Waals surface area contributed by atoms with E-state index in [9.17, 15) is 0 Å². The van der Waals surface area contributed by atoms with Crippen molar-refractivity contribution in [1.29, 1.82) is 5.26 Å². The Bertz CT molecular complexity index is 133. The molecule has 0 aliphatic heterocycles. The fraction of sp³-hybridized carbons (Fsp3) is 0.875. The van der Waals surface area contributed by atoms with Crippen LogP contribution in [0.15, 0.2) is 0 Å². The molecule has 2 N–H and O–H groups in total. The summed E-state index contributed by atoms with van der Waals surface area (Å²) in [5, 5.41) is 8.37. The third-order valence-electron chi connectivity index (χ3n) is 1.60. The van der Waals surface area contributed by atoms with Crippen molar-refractivity contribution in [3.63, 3.8) is 0 Å². The van der Waals surface area contributed by atoms with Gasteiger partial charge < -0.3 is 10.5 Å². The van der Waals surface area contributed by atoms with Crippen LogP contribution in [0.3, 0.4) is 0 Å². The van der Waals surface area contributed by atoms with Gasteiger partial charge in [0.15, 0.2) is 0 Å². The molecule has 0 fully saturated rings. The number of nitrogens with two attached hydrogens (primary N) is 1. The summed E-state index contributed by atoms with van der Waals surface area (Å²) in [6.45, 7) is 3.82. The van der Waals surface area contributed by atoms with Crippen molar-refractivity contribution in [2.75, 3.05) is 39.9 Å². The van der Waals surface area contributed by atoms with Gasteiger partial charge in [-0.2, -0.15) is 5.26 Å². The highest BCUT2D eigenvalue weighted by atomic mass is 16.5. The van der Waals surface area contributed by atoms with E-state index in [1.54, 1.807) is 7.11 Å². The topological polar surface area (TPSA) is 62.3 Å². The lowest BCUT2D eigenvalue weighted by molar-refractivity contribution is 0.150. The molecule has 0 aliphatic carbocycles. The highest BCUT2D eigenvalue weighted by molar-refractivity contribution is 4.72. The minimum Gasteiger partial charge on any atom is -0.383 e. The highest BCUT2D eigenvalue weighted by Crippen LogP contribution is 1.89. The monoisotopic (exact) mass is 171 g/mol. The van der Waals surface area contributed by atoms with Crippen molar-refractivity contribution in [2.24, 2.45) is 5.73 Å². The number of hydrogen-bond donors (Lipinski definition) is 1. The van der Waals surface area contributed by atoms with E-state index < -0.39 is 0 Å². The van der Waals surface area contributed by atoms with E-state index >= 15 is 0 Å². The van der Waals surface area contributed by atoms with Gasteiger partial charge in [-0.1, -0.05) is 0 Å². The second-order valence-corrected chi connectivity index (χ2v) is 2.53. The van der Waals surface area contributed by atoms with Crippen LogP contribution in [0, 0.1) is 11.3 Å². The second kappa shape index (κ2) is 8.47. The standard InChI is InChI=1S/C8H17N3O/c1-12-8-7-11(6-4-10)5-2-3-9/h2,4-8,10H2,1H3. The Morgan fingerprint density at radius 3 is 2.67 bits per heavy atom. The van der Waals surface area contributed by atoms with E-state index in [1.807, 2.05) is 0 Å². The zero-order valence-electron chi connectivity index (χ0n) is 7.62. The smallest absolute Gasteiger partial charge is 0.0635 e.